The standard InChI is InChI=1S/C24H23O2/c1-14-10-16(3)23-21(12-14)22-13-15(2)11-17(4)24(22)26(23)20-8-6-19(7-9-20)18(5)25/h6-13H,1-5H3/q+1. The molecule has 3 aromatic carbocycles. The van der Waals surface area contributed by atoms with E-state index in [1.807, 2.05) is 24.3 Å². The summed E-state index contributed by atoms with van der Waals surface area (Å²) in [6.45, 7) is 10.2. The number of benzene rings is 3. The van der Waals surface area contributed by atoms with Gasteiger partial charge in [0.2, 0.25) is 0 Å². The molecule has 0 aliphatic heterocycles. The number of fused-ring (bicyclic) bond motifs is 3. The molecule has 0 unspecified atom stereocenters. The quantitative estimate of drug-likeness (QED) is 0.293. The van der Waals surface area contributed by atoms with Crippen molar-refractivity contribution in [1.29, 1.82) is 0 Å². The number of ketones is 1. The molecular weight excluding hydrogens is 320 g/mol. The van der Waals surface area contributed by atoms with Gasteiger partial charge in [-0.25, -0.2) is 0 Å². The lowest BCUT2D eigenvalue weighted by atomic mass is 10.0. The van der Waals surface area contributed by atoms with Crippen LogP contribution in [0.3, 0.4) is 0 Å². The third kappa shape index (κ3) is 2.45. The number of rotatable bonds is 2. The summed E-state index contributed by atoms with van der Waals surface area (Å²) >= 11 is 0. The van der Waals surface area contributed by atoms with Gasteiger partial charge in [0.15, 0.2) is 5.78 Å². The molecule has 2 heteroatoms. The van der Waals surface area contributed by atoms with Crippen LogP contribution in [0.15, 0.2) is 52.6 Å². The van der Waals surface area contributed by atoms with Crippen LogP contribution >= 0.6 is 0 Å². The first-order valence-corrected chi connectivity index (χ1v) is 8.95. The van der Waals surface area contributed by atoms with Crippen LogP contribution in [0.25, 0.3) is 27.7 Å². The third-order valence-electron chi connectivity index (χ3n) is 5.03. The smallest absolute Gasteiger partial charge is 0.278 e. The number of Topliss-reactive ketones (excluding diaryl/α,β-unsaturated/α-hetero) is 1. The minimum atomic E-state index is 0.0855. The lowest BCUT2D eigenvalue weighted by molar-refractivity contribution is 0.101. The highest BCUT2D eigenvalue weighted by molar-refractivity contribution is 6.08. The number of carbonyl (C=O) groups excluding carboxylic acids is 1. The molecule has 0 aliphatic carbocycles. The average Bonchev–Trinajstić information content (AvgIpc) is 2.90. The van der Waals surface area contributed by atoms with Crippen LogP contribution in [0.4, 0.5) is 0 Å². The number of carbonyl (C=O) groups is 1. The minimum Gasteiger partial charge on any atom is -0.498 e. The summed E-state index contributed by atoms with van der Waals surface area (Å²) in [4.78, 5) is 11.6. The van der Waals surface area contributed by atoms with Gasteiger partial charge in [0, 0.05) is 28.8 Å². The topological polar surface area (TPSA) is 19.8 Å². The minimum absolute atomic E-state index is 0.0855. The van der Waals surface area contributed by atoms with E-state index in [0.717, 1.165) is 22.5 Å². The van der Waals surface area contributed by atoms with Gasteiger partial charge in [0.25, 0.3) is 16.9 Å². The largest absolute Gasteiger partial charge is 0.498 e. The Labute approximate surface area is 153 Å². The Balaban J connectivity index is 2.17. The Hall–Kier alpha value is -2.87. The number of furan rings is 1. The second kappa shape index (κ2) is 5.84. The molecule has 0 atom stereocenters. The van der Waals surface area contributed by atoms with Gasteiger partial charge in [-0.15, -0.1) is 0 Å². The zero-order chi connectivity index (χ0) is 18.6. The number of aryl methyl sites for hydroxylation is 4. The zero-order valence-corrected chi connectivity index (χ0v) is 15.9. The molecule has 0 fully saturated rings. The maximum atomic E-state index is 11.6. The van der Waals surface area contributed by atoms with Gasteiger partial charge >= 0.3 is 0 Å². The van der Waals surface area contributed by atoms with Gasteiger partial charge in [0.05, 0.1) is 10.8 Å². The van der Waals surface area contributed by atoms with Crippen LogP contribution in [-0.2, 0) is 0 Å². The van der Waals surface area contributed by atoms with E-state index in [2.05, 4.69) is 56.0 Å². The van der Waals surface area contributed by atoms with Crippen molar-refractivity contribution in [2.45, 2.75) is 34.6 Å². The molecule has 0 N–H and O–H groups in total. The SMILES string of the molecule is CC(=O)c1ccc(-[o+]2c3c(C)cc(C)cc3c3cc(C)cc(C)c32)cc1. The first-order valence-electron chi connectivity index (χ1n) is 8.95. The lowest BCUT2D eigenvalue weighted by Gasteiger charge is -2.08. The van der Waals surface area contributed by atoms with Crippen molar-refractivity contribution in [2.75, 3.05) is 0 Å². The molecule has 2 nitrogen and oxygen atoms in total. The van der Waals surface area contributed by atoms with Crippen LogP contribution in [0.5, 0.6) is 0 Å². The first kappa shape index (κ1) is 16.6. The summed E-state index contributed by atoms with van der Waals surface area (Å²) in [7, 11) is 0. The molecule has 0 amide bonds. The van der Waals surface area contributed by atoms with E-state index in [4.69, 9.17) is 0 Å². The lowest BCUT2D eigenvalue weighted by Crippen LogP contribution is -1.92. The fraction of sp³-hybridized carbons (Fsp3) is 0.208. The van der Waals surface area contributed by atoms with Gasteiger partial charge in [-0.05, 0) is 82.1 Å². The second-order valence-electron chi connectivity index (χ2n) is 7.30. The van der Waals surface area contributed by atoms with E-state index < -0.39 is 0 Å². The van der Waals surface area contributed by atoms with E-state index >= 15 is 0 Å². The van der Waals surface area contributed by atoms with E-state index in [-0.39, 0.29) is 5.78 Å². The molecule has 4 rings (SSSR count). The van der Waals surface area contributed by atoms with Crippen LogP contribution in [0.2, 0.25) is 0 Å². The fourth-order valence-electron chi connectivity index (χ4n) is 4.01. The zero-order valence-electron chi connectivity index (χ0n) is 15.9. The van der Waals surface area contributed by atoms with Crippen LogP contribution in [0, 0.1) is 27.7 Å². The molecule has 0 saturated carbocycles. The highest BCUT2D eigenvalue weighted by Gasteiger charge is 2.25. The van der Waals surface area contributed by atoms with Gasteiger partial charge in [-0.2, -0.15) is 0 Å². The molecular formula is C24H23O2+. The maximum Gasteiger partial charge on any atom is 0.278 e. The monoisotopic (exact) mass is 343 g/mol. The van der Waals surface area contributed by atoms with Crippen molar-refractivity contribution in [2.24, 2.45) is 0 Å². The summed E-state index contributed by atoms with van der Waals surface area (Å²) in [6.07, 6.45) is 0. The van der Waals surface area contributed by atoms with Crippen molar-refractivity contribution < 1.29 is 8.84 Å². The highest BCUT2D eigenvalue weighted by Crippen LogP contribution is 2.42. The Morgan fingerprint density at radius 2 is 1.19 bits per heavy atom. The predicted octanol–water partition coefficient (Wildman–Crippen LogP) is 6.70. The van der Waals surface area contributed by atoms with Crippen LogP contribution in [-0.4, -0.2) is 5.78 Å². The van der Waals surface area contributed by atoms with Gasteiger partial charge < -0.3 is 4.05 Å². The first-order chi connectivity index (χ1) is 12.4. The fourth-order valence-corrected chi connectivity index (χ4v) is 4.01. The number of hydrogen-bond donors (Lipinski definition) is 0. The Morgan fingerprint density at radius 1 is 0.731 bits per heavy atom. The van der Waals surface area contributed by atoms with Gasteiger partial charge in [0.1, 0.15) is 0 Å². The van der Waals surface area contributed by atoms with Crippen molar-refractivity contribution in [1.82, 2.24) is 0 Å². The van der Waals surface area contributed by atoms with Crippen LogP contribution in [0.1, 0.15) is 39.5 Å². The molecule has 4 aromatic rings. The van der Waals surface area contributed by atoms with Crippen molar-refractivity contribution in [3.63, 3.8) is 0 Å². The summed E-state index contributed by atoms with van der Waals surface area (Å²) in [5.74, 6) is 1.09. The normalized spacial score (nSPS) is 11.4. The molecule has 0 spiro atoms. The molecule has 0 saturated heterocycles. The Bertz CT molecular complexity index is 1110. The number of hydrogen-bond acceptors (Lipinski definition) is 1. The summed E-state index contributed by atoms with van der Waals surface area (Å²) in [5.41, 5.74) is 8.05. The van der Waals surface area contributed by atoms with Crippen molar-refractivity contribution in [3.8, 4) is 5.75 Å². The highest BCUT2D eigenvalue weighted by atomic mass is 16.6. The third-order valence-corrected chi connectivity index (χ3v) is 5.03. The summed E-state index contributed by atoms with van der Waals surface area (Å²) in [6, 6.07) is 16.8. The van der Waals surface area contributed by atoms with E-state index in [0.29, 0.717) is 0 Å². The van der Waals surface area contributed by atoms with E-state index in [1.54, 1.807) is 6.92 Å². The molecule has 130 valence electrons. The summed E-state index contributed by atoms with van der Waals surface area (Å²) < 4.78 is 3.40. The molecule has 0 radical (unpaired) electrons. The summed E-state index contributed by atoms with van der Waals surface area (Å²) in [5, 5.41) is 2.51. The van der Waals surface area contributed by atoms with E-state index in [9.17, 15) is 4.79 Å². The molecule has 1 aromatic heterocycles. The van der Waals surface area contributed by atoms with Crippen molar-refractivity contribution in [3.05, 3.63) is 76.3 Å². The Kier molecular flexibility index (Phi) is 3.73. The van der Waals surface area contributed by atoms with Crippen LogP contribution < -0.4 is 0 Å². The van der Waals surface area contributed by atoms with Gasteiger partial charge in [-0.1, -0.05) is 0 Å². The predicted molar refractivity (Wildman–Crippen MR) is 109 cm³/mol. The molecule has 0 bridgehead atoms. The maximum absolute atomic E-state index is 11.6. The average molecular weight is 343 g/mol. The second-order valence-corrected chi connectivity index (χ2v) is 7.30. The van der Waals surface area contributed by atoms with Gasteiger partial charge in [-0.3, -0.25) is 4.79 Å². The van der Waals surface area contributed by atoms with E-state index in [1.165, 1.54) is 33.0 Å². The van der Waals surface area contributed by atoms with Crippen molar-refractivity contribution >= 4 is 27.7 Å². The molecule has 1 heterocycles. The molecule has 26 heavy (non-hydrogen) atoms. The Morgan fingerprint density at radius 3 is 1.62 bits per heavy atom. The molecule has 0 aliphatic rings.